The summed E-state index contributed by atoms with van der Waals surface area (Å²) in [6, 6.07) is 18.8. The van der Waals surface area contributed by atoms with Crippen molar-refractivity contribution >= 4 is 39.8 Å². The minimum absolute atomic E-state index is 0.0757. The molecule has 0 bridgehead atoms. The highest BCUT2D eigenvalue weighted by Crippen LogP contribution is 2.43. The van der Waals surface area contributed by atoms with Gasteiger partial charge in [0.05, 0.1) is 13.4 Å². The van der Waals surface area contributed by atoms with Gasteiger partial charge in [0.2, 0.25) is 5.78 Å². The van der Waals surface area contributed by atoms with E-state index in [-0.39, 0.29) is 5.78 Å². The van der Waals surface area contributed by atoms with Crippen LogP contribution >= 0.6 is 11.3 Å². The van der Waals surface area contributed by atoms with Crippen LogP contribution in [0, 0.1) is 13.8 Å². The van der Waals surface area contributed by atoms with Gasteiger partial charge in [-0.25, -0.2) is 0 Å². The van der Waals surface area contributed by atoms with Crippen molar-refractivity contribution in [3.8, 4) is 17.2 Å². The van der Waals surface area contributed by atoms with Gasteiger partial charge in [0.15, 0.2) is 5.75 Å². The Morgan fingerprint density at radius 2 is 1.70 bits per heavy atom. The Kier molecular flexibility index (Phi) is 6.56. The van der Waals surface area contributed by atoms with Gasteiger partial charge in [-0.15, -0.1) is 11.3 Å². The molecule has 0 aliphatic heterocycles. The number of carbonyl (C=O) groups excluding carboxylic acids is 2. The lowest BCUT2D eigenvalue weighted by molar-refractivity contribution is -0.123. The van der Waals surface area contributed by atoms with Crippen LogP contribution < -0.4 is 9.47 Å². The Morgan fingerprint density at radius 1 is 0.939 bits per heavy atom. The lowest BCUT2D eigenvalue weighted by Crippen LogP contribution is -2.03. The number of ether oxygens (including phenoxy) is 3. The molecule has 4 rings (SSSR count). The van der Waals surface area contributed by atoms with Crippen LogP contribution in [0.2, 0.25) is 0 Å². The molecule has 166 valence electrons. The van der Waals surface area contributed by atoms with Gasteiger partial charge in [-0.3, -0.25) is 9.59 Å². The summed E-state index contributed by atoms with van der Waals surface area (Å²) in [5.41, 5.74) is 3.53. The van der Waals surface area contributed by atoms with E-state index in [2.05, 4.69) is 4.74 Å². The van der Waals surface area contributed by atoms with Crippen molar-refractivity contribution in [1.29, 1.82) is 0 Å². The monoisotopic (exact) mass is 458 g/mol. The lowest BCUT2D eigenvalue weighted by Gasteiger charge is -2.10. The Bertz CT molecular complexity index is 1350. The average Bonchev–Trinajstić information content (AvgIpc) is 3.17. The number of rotatable bonds is 8. The predicted octanol–water partition coefficient (Wildman–Crippen LogP) is 6.69. The molecule has 1 aromatic heterocycles. The molecule has 0 saturated heterocycles. The van der Waals surface area contributed by atoms with Gasteiger partial charge in [-0.1, -0.05) is 35.9 Å². The second-order valence-corrected chi connectivity index (χ2v) is 8.53. The molecule has 0 aliphatic carbocycles. The van der Waals surface area contributed by atoms with E-state index in [1.54, 1.807) is 25.3 Å². The fourth-order valence-electron chi connectivity index (χ4n) is 3.54. The maximum Gasteiger partial charge on any atom is 0.297 e. The van der Waals surface area contributed by atoms with Crippen LogP contribution in [0.15, 0.2) is 66.9 Å². The van der Waals surface area contributed by atoms with Crippen LogP contribution in [0.4, 0.5) is 0 Å². The van der Waals surface area contributed by atoms with E-state index >= 15 is 0 Å². The predicted molar refractivity (Wildman–Crippen MR) is 130 cm³/mol. The highest BCUT2D eigenvalue weighted by atomic mass is 32.1. The van der Waals surface area contributed by atoms with Crippen molar-refractivity contribution in [1.82, 2.24) is 0 Å². The molecule has 3 aromatic carbocycles. The molecule has 4 aromatic rings. The van der Waals surface area contributed by atoms with E-state index in [0.717, 1.165) is 32.5 Å². The average molecular weight is 459 g/mol. The zero-order valence-corrected chi connectivity index (χ0v) is 19.3. The van der Waals surface area contributed by atoms with Gasteiger partial charge in [-0.05, 0) is 61.4 Å². The first-order valence-electron chi connectivity index (χ1n) is 10.3. The summed E-state index contributed by atoms with van der Waals surface area (Å²) in [6.45, 7) is 4.31. The molecule has 0 atom stereocenters. The summed E-state index contributed by atoms with van der Waals surface area (Å²) in [7, 11) is 1.62. The van der Waals surface area contributed by atoms with Crippen LogP contribution in [0.5, 0.6) is 17.2 Å². The van der Waals surface area contributed by atoms with Gasteiger partial charge in [0, 0.05) is 15.6 Å². The van der Waals surface area contributed by atoms with Crippen molar-refractivity contribution in [2.24, 2.45) is 0 Å². The summed E-state index contributed by atoms with van der Waals surface area (Å²) < 4.78 is 17.1. The van der Waals surface area contributed by atoms with Crippen LogP contribution in [0.25, 0.3) is 16.2 Å². The summed E-state index contributed by atoms with van der Waals surface area (Å²) in [4.78, 5) is 24.4. The number of fused-ring (bicyclic) bond motifs is 1. The fraction of sp³-hybridized carbons (Fsp3) is 0.111. The van der Waals surface area contributed by atoms with E-state index in [0.29, 0.717) is 28.4 Å². The van der Waals surface area contributed by atoms with Crippen molar-refractivity contribution in [2.45, 2.75) is 13.8 Å². The van der Waals surface area contributed by atoms with E-state index < -0.39 is 0 Å². The molecular weight excluding hydrogens is 436 g/mol. The molecule has 0 aliphatic rings. The lowest BCUT2D eigenvalue weighted by atomic mass is 10.0. The third-order valence-electron chi connectivity index (χ3n) is 5.18. The summed E-state index contributed by atoms with van der Waals surface area (Å²) >= 11 is 1.39. The third-order valence-corrected chi connectivity index (χ3v) is 6.31. The summed E-state index contributed by atoms with van der Waals surface area (Å²) in [6.07, 6.45) is 2.98. The van der Waals surface area contributed by atoms with Crippen LogP contribution in [0.1, 0.15) is 31.9 Å². The Hall–Kier alpha value is -3.90. The minimum atomic E-state index is -0.0757. The van der Waals surface area contributed by atoms with E-state index in [4.69, 9.17) is 9.47 Å². The number of aryl methyl sites for hydroxylation is 2. The van der Waals surface area contributed by atoms with Crippen LogP contribution in [-0.2, 0) is 9.53 Å². The first-order chi connectivity index (χ1) is 16.0. The highest BCUT2D eigenvalue weighted by molar-refractivity contribution is 7.21. The zero-order valence-electron chi connectivity index (χ0n) is 18.5. The normalized spacial score (nSPS) is 11.0. The second kappa shape index (κ2) is 9.71. The Morgan fingerprint density at radius 3 is 2.39 bits per heavy atom. The topological polar surface area (TPSA) is 61.8 Å². The van der Waals surface area contributed by atoms with Crippen LogP contribution in [0.3, 0.4) is 0 Å². The van der Waals surface area contributed by atoms with Crippen molar-refractivity contribution in [3.05, 3.63) is 94.1 Å². The molecule has 0 unspecified atom stereocenters. The molecular formula is C27H22O5S. The van der Waals surface area contributed by atoms with E-state index in [1.807, 2.05) is 62.4 Å². The second-order valence-electron chi connectivity index (χ2n) is 7.48. The highest BCUT2D eigenvalue weighted by Gasteiger charge is 2.23. The Balaban J connectivity index is 1.75. The first kappa shape index (κ1) is 22.3. The van der Waals surface area contributed by atoms with Gasteiger partial charge in [0.25, 0.3) is 6.47 Å². The maximum atomic E-state index is 13.6. The van der Waals surface area contributed by atoms with Crippen LogP contribution in [-0.4, -0.2) is 19.4 Å². The smallest absolute Gasteiger partial charge is 0.297 e. The Labute approximate surface area is 195 Å². The number of methoxy groups -OCH3 is 1. The maximum absolute atomic E-state index is 13.6. The summed E-state index contributed by atoms with van der Waals surface area (Å²) in [5, 5.41) is 0.845. The number of benzene rings is 3. The summed E-state index contributed by atoms with van der Waals surface area (Å²) in [5.74, 6) is 1.76. The number of carbonyl (C=O) groups is 2. The molecule has 0 spiro atoms. The van der Waals surface area contributed by atoms with E-state index in [9.17, 15) is 9.59 Å². The molecule has 0 N–H and O–H groups in total. The third kappa shape index (κ3) is 4.81. The number of thiophene rings is 1. The number of hydrogen-bond donors (Lipinski definition) is 0. The van der Waals surface area contributed by atoms with Gasteiger partial charge < -0.3 is 14.2 Å². The molecule has 33 heavy (non-hydrogen) atoms. The molecule has 0 saturated carbocycles. The van der Waals surface area contributed by atoms with Crippen molar-refractivity contribution in [3.63, 3.8) is 0 Å². The fourth-order valence-corrected chi connectivity index (χ4v) is 4.65. The largest absolute Gasteiger partial charge is 0.497 e. The van der Waals surface area contributed by atoms with Crippen molar-refractivity contribution in [2.75, 3.05) is 7.11 Å². The molecule has 5 nitrogen and oxygen atoms in total. The molecule has 1 heterocycles. The first-order valence-corrected chi connectivity index (χ1v) is 11.1. The quantitative estimate of drug-likeness (QED) is 0.167. The van der Waals surface area contributed by atoms with Crippen molar-refractivity contribution < 1.29 is 23.8 Å². The minimum Gasteiger partial charge on any atom is -0.497 e. The number of hydrogen-bond acceptors (Lipinski definition) is 6. The van der Waals surface area contributed by atoms with E-state index in [1.165, 1.54) is 17.6 Å². The molecule has 0 radical (unpaired) electrons. The number of ketones is 1. The zero-order chi connectivity index (χ0) is 23.4. The van der Waals surface area contributed by atoms with Gasteiger partial charge in [-0.2, -0.15) is 0 Å². The SMILES string of the molecule is COc1ccc2c(Oc3ccc(/C=C/OC=O)cc3)c(C(=O)c3ccc(C)cc3C)sc2c1. The molecule has 6 heteroatoms. The standard InChI is InChI=1S/C27H22O5S/c1-17-4-10-22(18(2)14-17)25(29)27-26(23-11-9-21(30-3)15-24(23)33-27)32-20-7-5-19(6-8-20)12-13-31-16-28/h4-16H,1-3H3/b13-12+. The van der Waals surface area contributed by atoms with Gasteiger partial charge >= 0.3 is 0 Å². The molecule has 0 amide bonds. The van der Waals surface area contributed by atoms with Gasteiger partial charge in [0.1, 0.15) is 16.4 Å². The molecule has 0 fully saturated rings.